The molecule has 2 heterocycles. The molecule has 4 unspecified atom stereocenters. The molecule has 346 valence electrons. The van der Waals surface area contributed by atoms with E-state index in [1.54, 1.807) is 0 Å². The van der Waals surface area contributed by atoms with Crippen LogP contribution in [-0.4, -0.2) is 116 Å². The summed E-state index contributed by atoms with van der Waals surface area (Å²) in [5.74, 6) is -10.7. The monoisotopic (exact) mass is 918 g/mol. The van der Waals surface area contributed by atoms with E-state index in [4.69, 9.17) is 50.3 Å². The topological polar surface area (TPSA) is 417 Å². The second kappa shape index (κ2) is 17.6. The molecule has 6 aromatic rings. The lowest BCUT2D eigenvalue weighted by Crippen LogP contribution is -2.50. The van der Waals surface area contributed by atoms with Crippen LogP contribution < -0.4 is 9.47 Å². The maximum absolute atomic E-state index is 11.7. The largest absolute Gasteiger partial charge is 0.508 e. The minimum absolute atomic E-state index is 0.00974. The van der Waals surface area contributed by atoms with Gasteiger partial charge < -0.3 is 101 Å². The summed E-state index contributed by atoms with van der Waals surface area (Å²) in [6, 6.07) is 13.9. The van der Waals surface area contributed by atoms with Crippen LogP contribution in [-0.2, 0) is 18.4 Å². The quantitative estimate of drug-likeness (QED) is 0.110. The number of ether oxygens (including phenoxy) is 2. The van der Waals surface area contributed by atoms with Gasteiger partial charge in [0.2, 0.25) is 0 Å². The van der Waals surface area contributed by atoms with Gasteiger partial charge in [-0.1, -0.05) is 12.1 Å². The first-order valence-electron chi connectivity index (χ1n) is 18.8. The van der Waals surface area contributed by atoms with Gasteiger partial charge in [0.15, 0.2) is 63.1 Å². The summed E-state index contributed by atoms with van der Waals surface area (Å²) in [4.78, 5) is 20.6. The van der Waals surface area contributed by atoms with Gasteiger partial charge in [-0.3, -0.25) is 0 Å². The molecule has 0 amide bonds. The van der Waals surface area contributed by atoms with Gasteiger partial charge in [0.05, 0.1) is 22.8 Å². The smallest absolute Gasteiger partial charge is 0.335 e. The van der Waals surface area contributed by atoms with Crippen molar-refractivity contribution in [3.05, 3.63) is 118 Å². The van der Waals surface area contributed by atoms with E-state index in [-0.39, 0.29) is 74.8 Å². The molecule has 0 aliphatic carbocycles. The van der Waals surface area contributed by atoms with Crippen LogP contribution in [0.1, 0.15) is 54.6 Å². The molecule has 2 aliphatic heterocycles. The normalized spacial score (nSPS) is 18.1. The minimum atomic E-state index is -2.15. The molecule has 22 heteroatoms. The number of aliphatic hydroxyl groups is 2. The number of phenols is 14. The molecule has 22 nitrogen and oxygen atoms in total. The Kier molecular flexibility index (Phi) is 12.4. The fourth-order valence-electron chi connectivity index (χ4n) is 7.20. The number of aromatic hydroxyl groups is 14. The lowest BCUT2D eigenvalue weighted by molar-refractivity contribution is -0.0499. The fourth-order valence-corrected chi connectivity index (χ4v) is 7.20. The molecule has 0 radical (unpaired) electrons. The fraction of sp³-hybridized carbons (Fsp3) is 0.136. The highest BCUT2D eigenvalue weighted by Crippen LogP contribution is 2.57. The molecule has 0 spiro atoms. The van der Waals surface area contributed by atoms with Gasteiger partial charge in [-0.25, -0.2) is 9.59 Å². The molecule has 18 N–H and O–H groups in total. The molecule has 0 aromatic heterocycles. The van der Waals surface area contributed by atoms with E-state index < -0.39 is 105 Å². The molecule has 6 aromatic carbocycles. The zero-order valence-electron chi connectivity index (χ0n) is 33.3. The van der Waals surface area contributed by atoms with E-state index in [0.29, 0.717) is 0 Å². The summed E-state index contributed by atoms with van der Waals surface area (Å²) in [6.07, 6.45) is -4.58. The number of benzene rings is 6. The third-order valence-corrected chi connectivity index (χ3v) is 10.4. The summed E-state index contributed by atoms with van der Waals surface area (Å²) in [7, 11) is 0. The number of rotatable bonds is 5. The Morgan fingerprint density at radius 1 is 0.500 bits per heavy atom. The average Bonchev–Trinajstić information content (AvgIpc) is 3.24. The molecule has 0 saturated heterocycles. The zero-order chi connectivity index (χ0) is 48.7. The Morgan fingerprint density at radius 2 is 1.00 bits per heavy atom. The molecular weight excluding hydrogens is 880 g/mol. The van der Waals surface area contributed by atoms with Crippen LogP contribution in [0.2, 0.25) is 0 Å². The van der Waals surface area contributed by atoms with Crippen LogP contribution in [0.15, 0.2) is 78.9 Å². The van der Waals surface area contributed by atoms with Crippen molar-refractivity contribution >= 4 is 11.9 Å². The molecule has 66 heavy (non-hydrogen) atoms. The number of carbonyl (C=O) groups is 2. The highest BCUT2D eigenvalue weighted by Gasteiger charge is 2.53. The Balaban J connectivity index is 0.000000244. The summed E-state index contributed by atoms with van der Waals surface area (Å²) in [5, 5.41) is 176. The van der Waals surface area contributed by atoms with E-state index in [0.717, 1.165) is 48.5 Å². The molecule has 8 rings (SSSR count). The lowest BCUT2D eigenvalue weighted by atomic mass is 9.74. The van der Waals surface area contributed by atoms with Crippen molar-refractivity contribution in [3.63, 3.8) is 0 Å². The van der Waals surface area contributed by atoms with E-state index in [1.807, 2.05) is 0 Å². The minimum Gasteiger partial charge on any atom is -0.508 e. The first-order chi connectivity index (χ1) is 30.9. The van der Waals surface area contributed by atoms with Crippen molar-refractivity contribution < 1.29 is 111 Å². The van der Waals surface area contributed by atoms with Gasteiger partial charge in [-0.05, 0) is 54.1 Å². The van der Waals surface area contributed by atoms with E-state index in [2.05, 4.69) is 0 Å². The van der Waals surface area contributed by atoms with Gasteiger partial charge in [0, 0.05) is 47.7 Å². The first-order valence-corrected chi connectivity index (χ1v) is 18.8. The standard InChI is InChI=1S/C30H26O12.2C7H6O5/c31-14-7-19(34)15-10-26(40)30(42-25(15)8-14,13-2-4-18(33)22(37)6-13)27-23(38)11-20(35)16-9-24(39)28(41-29(16)27)12-1-3-17(32)21(36)5-12;2*8-4-1-3(7(11)12)2-5(9)6(4)10/h1-8,11,24,26,28,31-40H,9-10H2;2*1-2,8-10H,(H,11,12). The molecule has 0 bridgehead atoms. The third kappa shape index (κ3) is 8.66. The van der Waals surface area contributed by atoms with Gasteiger partial charge in [0.1, 0.15) is 46.7 Å². The number of carboxylic acids is 2. The van der Waals surface area contributed by atoms with E-state index in [1.165, 1.54) is 30.3 Å². The number of carboxylic acid groups (broad SMARTS) is 2. The van der Waals surface area contributed by atoms with Crippen molar-refractivity contribution in [2.24, 2.45) is 0 Å². The van der Waals surface area contributed by atoms with Crippen molar-refractivity contribution in [1.82, 2.24) is 0 Å². The maximum atomic E-state index is 11.7. The number of aliphatic hydroxyl groups excluding tert-OH is 2. The van der Waals surface area contributed by atoms with Crippen molar-refractivity contribution in [2.75, 3.05) is 0 Å². The van der Waals surface area contributed by atoms with Crippen LogP contribution in [0, 0.1) is 0 Å². The molecule has 0 saturated carbocycles. The number of hydrogen-bond donors (Lipinski definition) is 18. The van der Waals surface area contributed by atoms with Crippen LogP contribution in [0.4, 0.5) is 0 Å². The van der Waals surface area contributed by atoms with Crippen molar-refractivity contribution in [3.8, 4) is 92.0 Å². The summed E-state index contributed by atoms with van der Waals surface area (Å²) in [6.45, 7) is 0. The van der Waals surface area contributed by atoms with Crippen molar-refractivity contribution in [2.45, 2.75) is 36.8 Å². The van der Waals surface area contributed by atoms with Crippen LogP contribution in [0.25, 0.3) is 0 Å². The second-order valence-corrected chi connectivity index (χ2v) is 14.7. The Hall–Kier alpha value is -9.02. The van der Waals surface area contributed by atoms with Gasteiger partial charge in [-0.15, -0.1) is 0 Å². The summed E-state index contributed by atoms with van der Waals surface area (Å²) in [5.41, 5.74) is -2.54. The molecular formula is C44H38O22. The number of aromatic carboxylic acids is 2. The van der Waals surface area contributed by atoms with Gasteiger partial charge >= 0.3 is 11.9 Å². The van der Waals surface area contributed by atoms with Crippen molar-refractivity contribution in [1.29, 1.82) is 0 Å². The Morgan fingerprint density at radius 3 is 1.50 bits per heavy atom. The van der Waals surface area contributed by atoms with Crippen LogP contribution >= 0.6 is 0 Å². The number of fused-ring (bicyclic) bond motifs is 2. The van der Waals surface area contributed by atoms with Crippen LogP contribution in [0.5, 0.6) is 92.0 Å². The summed E-state index contributed by atoms with van der Waals surface area (Å²) < 4.78 is 12.5. The third-order valence-electron chi connectivity index (χ3n) is 10.4. The zero-order valence-corrected chi connectivity index (χ0v) is 33.3. The Bertz CT molecular complexity index is 2780. The second-order valence-electron chi connectivity index (χ2n) is 14.7. The van der Waals surface area contributed by atoms with E-state index in [9.17, 15) is 60.7 Å². The average molecular weight is 919 g/mol. The number of hydrogen-bond acceptors (Lipinski definition) is 20. The van der Waals surface area contributed by atoms with E-state index >= 15 is 0 Å². The van der Waals surface area contributed by atoms with Gasteiger partial charge in [-0.2, -0.15) is 0 Å². The first kappa shape index (κ1) is 46.5. The van der Waals surface area contributed by atoms with Crippen LogP contribution in [0.3, 0.4) is 0 Å². The highest BCUT2D eigenvalue weighted by molar-refractivity contribution is 5.90. The molecule has 4 atom stereocenters. The Labute approximate surface area is 368 Å². The predicted octanol–water partition coefficient (Wildman–Crippen LogP) is 3.61. The SMILES string of the molecule is O=C(O)c1cc(O)c(O)c(O)c1.O=C(O)c1cc(O)c(O)c(O)c1.Oc1cc(O)c2c(c1)OC(c1ccc(O)c(O)c1)(c1c(O)cc(O)c3c1OC(c1ccc(O)c(O)c1)C(O)C3)C(O)C2. The lowest BCUT2D eigenvalue weighted by Gasteiger charge is -2.45. The summed E-state index contributed by atoms with van der Waals surface area (Å²) >= 11 is 0. The highest BCUT2D eigenvalue weighted by atomic mass is 16.5. The predicted molar refractivity (Wildman–Crippen MR) is 220 cm³/mol. The molecule has 0 fully saturated rings. The maximum Gasteiger partial charge on any atom is 0.335 e. The number of phenolic OH excluding ortho intramolecular Hbond substituents is 14. The molecule has 2 aliphatic rings. The van der Waals surface area contributed by atoms with Gasteiger partial charge in [0.25, 0.3) is 0 Å².